The minimum atomic E-state index is -3.75. The van der Waals surface area contributed by atoms with Gasteiger partial charge in [0.25, 0.3) is 15.9 Å². The van der Waals surface area contributed by atoms with Gasteiger partial charge in [0.15, 0.2) is 11.6 Å². The molecule has 0 atom stereocenters. The standard InChI is InChI=1S/C20H19N3O4S/c1-13-5-6-14(2)18(12-13)28(26,27)23-16-9-7-15(8-10-16)20(25)22-19-17(24)4-3-11-21-19/h3-12,23-24H,1-2H3,(H,21,22,25). The molecule has 3 aromatic rings. The SMILES string of the molecule is Cc1ccc(C)c(S(=O)(=O)Nc2ccc(C(=O)Nc3ncccc3O)cc2)c1. The zero-order chi connectivity index (χ0) is 20.3. The van der Waals surface area contributed by atoms with Gasteiger partial charge in [-0.1, -0.05) is 12.1 Å². The van der Waals surface area contributed by atoms with E-state index in [0.29, 0.717) is 16.8 Å². The van der Waals surface area contributed by atoms with Crippen LogP contribution in [0, 0.1) is 13.8 Å². The molecular formula is C20H19N3O4S. The van der Waals surface area contributed by atoms with Gasteiger partial charge in [0.2, 0.25) is 0 Å². The van der Waals surface area contributed by atoms with Crippen molar-refractivity contribution >= 4 is 27.4 Å². The molecule has 28 heavy (non-hydrogen) atoms. The van der Waals surface area contributed by atoms with E-state index >= 15 is 0 Å². The van der Waals surface area contributed by atoms with Gasteiger partial charge in [0, 0.05) is 17.4 Å². The largest absolute Gasteiger partial charge is 0.504 e. The van der Waals surface area contributed by atoms with Gasteiger partial charge in [-0.3, -0.25) is 9.52 Å². The highest BCUT2D eigenvalue weighted by Gasteiger charge is 2.17. The van der Waals surface area contributed by atoms with Gasteiger partial charge in [0.1, 0.15) is 0 Å². The number of aromatic nitrogens is 1. The summed E-state index contributed by atoms with van der Waals surface area (Å²) >= 11 is 0. The van der Waals surface area contributed by atoms with Crippen molar-refractivity contribution in [2.75, 3.05) is 10.0 Å². The quantitative estimate of drug-likeness (QED) is 0.611. The van der Waals surface area contributed by atoms with E-state index in [1.807, 2.05) is 13.0 Å². The van der Waals surface area contributed by atoms with E-state index in [4.69, 9.17) is 0 Å². The molecule has 0 saturated heterocycles. The molecule has 0 aliphatic rings. The number of rotatable bonds is 5. The number of benzene rings is 2. The third-order valence-electron chi connectivity index (χ3n) is 4.05. The number of amides is 1. The van der Waals surface area contributed by atoms with Gasteiger partial charge >= 0.3 is 0 Å². The lowest BCUT2D eigenvalue weighted by atomic mass is 10.2. The first-order chi connectivity index (χ1) is 13.3. The molecular weight excluding hydrogens is 378 g/mol. The maximum atomic E-state index is 12.6. The zero-order valence-electron chi connectivity index (χ0n) is 15.3. The Bertz CT molecular complexity index is 1130. The molecule has 3 rings (SSSR count). The number of hydrogen-bond acceptors (Lipinski definition) is 5. The molecule has 0 radical (unpaired) electrons. The van der Waals surface area contributed by atoms with Crippen LogP contribution in [0.4, 0.5) is 11.5 Å². The van der Waals surface area contributed by atoms with Crippen LogP contribution in [0.5, 0.6) is 5.75 Å². The number of nitrogens with zero attached hydrogens (tertiary/aromatic N) is 1. The van der Waals surface area contributed by atoms with E-state index in [9.17, 15) is 18.3 Å². The molecule has 2 aromatic carbocycles. The van der Waals surface area contributed by atoms with Crippen molar-refractivity contribution < 1.29 is 18.3 Å². The average molecular weight is 397 g/mol. The van der Waals surface area contributed by atoms with E-state index in [1.54, 1.807) is 25.1 Å². The van der Waals surface area contributed by atoms with Gasteiger partial charge < -0.3 is 10.4 Å². The molecule has 7 nitrogen and oxygen atoms in total. The highest BCUT2D eigenvalue weighted by atomic mass is 32.2. The highest BCUT2D eigenvalue weighted by molar-refractivity contribution is 7.92. The van der Waals surface area contributed by atoms with Gasteiger partial charge in [-0.25, -0.2) is 13.4 Å². The zero-order valence-corrected chi connectivity index (χ0v) is 16.1. The predicted octanol–water partition coefficient (Wildman–Crippen LogP) is 3.46. The number of aryl methyl sites for hydroxylation is 2. The third-order valence-corrected chi connectivity index (χ3v) is 5.57. The molecule has 144 valence electrons. The maximum Gasteiger partial charge on any atom is 0.262 e. The summed E-state index contributed by atoms with van der Waals surface area (Å²) in [5.41, 5.74) is 2.11. The summed E-state index contributed by atoms with van der Waals surface area (Å²) in [7, 11) is -3.75. The van der Waals surface area contributed by atoms with Crippen LogP contribution in [0.25, 0.3) is 0 Å². The molecule has 0 bridgehead atoms. The Hall–Kier alpha value is -3.39. The summed E-state index contributed by atoms with van der Waals surface area (Å²) in [6.07, 6.45) is 1.44. The number of carbonyl (C=O) groups excluding carboxylic acids is 1. The molecule has 0 aliphatic heterocycles. The Labute approximate surface area is 163 Å². The predicted molar refractivity (Wildman–Crippen MR) is 107 cm³/mol. The fraction of sp³-hybridized carbons (Fsp3) is 0.100. The fourth-order valence-corrected chi connectivity index (χ4v) is 3.96. The molecule has 8 heteroatoms. The van der Waals surface area contributed by atoms with E-state index in [1.165, 1.54) is 36.5 Å². The van der Waals surface area contributed by atoms with Crippen LogP contribution in [0.15, 0.2) is 65.7 Å². The molecule has 0 fully saturated rings. The summed E-state index contributed by atoms with van der Waals surface area (Å²) in [6.45, 7) is 3.56. The van der Waals surface area contributed by atoms with Crippen LogP contribution >= 0.6 is 0 Å². The van der Waals surface area contributed by atoms with Crippen molar-refractivity contribution in [1.29, 1.82) is 0 Å². The minimum Gasteiger partial charge on any atom is -0.504 e. The molecule has 0 aliphatic carbocycles. The van der Waals surface area contributed by atoms with Crippen LogP contribution in [0.2, 0.25) is 0 Å². The average Bonchev–Trinajstić information content (AvgIpc) is 2.65. The van der Waals surface area contributed by atoms with E-state index in [2.05, 4.69) is 15.0 Å². The minimum absolute atomic E-state index is 0.0483. The second kappa shape index (κ2) is 7.69. The monoisotopic (exact) mass is 397 g/mol. The number of anilines is 2. The number of sulfonamides is 1. The second-order valence-corrected chi connectivity index (χ2v) is 7.93. The first-order valence-corrected chi connectivity index (χ1v) is 9.90. The van der Waals surface area contributed by atoms with Crippen LogP contribution in [0.1, 0.15) is 21.5 Å². The van der Waals surface area contributed by atoms with Crippen LogP contribution in [-0.2, 0) is 10.0 Å². The lowest BCUT2D eigenvalue weighted by molar-refractivity contribution is 0.102. The molecule has 0 saturated carbocycles. The van der Waals surface area contributed by atoms with E-state index < -0.39 is 15.9 Å². The summed E-state index contributed by atoms with van der Waals surface area (Å²) < 4.78 is 27.8. The number of carbonyl (C=O) groups is 1. The Morgan fingerprint density at radius 3 is 2.43 bits per heavy atom. The molecule has 1 amide bonds. The van der Waals surface area contributed by atoms with Crippen molar-refractivity contribution in [3.63, 3.8) is 0 Å². The fourth-order valence-electron chi connectivity index (χ4n) is 2.57. The topological polar surface area (TPSA) is 108 Å². The van der Waals surface area contributed by atoms with Crippen molar-refractivity contribution in [1.82, 2.24) is 4.98 Å². The van der Waals surface area contributed by atoms with Crippen molar-refractivity contribution in [3.8, 4) is 5.75 Å². The molecule has 3 N–H and O–H groups in total. The van der Waals surface area contributed by atoms with Gasteiger partial charge in [-0.05, 0) is 67.4 Å². The number of pyridine rings is 1. The van der Waals surface area contributed by atoms with Crippen LogP contribution < -0.4 is 10.0 Å². The summed E-state index contributed by atoms with van der Waals surface area (Å²) in [6, 6.07) is 14.1. The normalized spacial score (nSPS) is 11.1. The van der Waals surface area contributed by atoms with Crippen molar-refractivity contribution in [3.05, 3.63) is 77.5 Å². The van der Waals surface area contributed by atoms with Gasteiger partial charge in [-0.15, -0.1) is 0 Å². The smallest absolute Gasteiger partial charge is 0.262 e. The third kappa shape index (κ3) is 4.29. The van der Waals surface area contributed by atoms with Crippen molar-refractivity contribution in [2.24, 2.45) is 0 Å². The summed E-state index contributed by atoms with van der Waals surface area (Å²) in [5, 5.41) is 12.2. The molecule has 1 heterocycles. The molecule has 0 unspecified atom stereocenters. The van der Waals surface area contributed by atoms with E-state index in [0.717, 1.165) is 5.56 Å². The first kappa shape index (κ1) is 19.4. The van der Waals surface area contributed by atoms with Crippen molar-refractivity contribution in [2.45, 2.75) is 18.7 Å². The lowest BCUT2D eigenvalue weighted by Crippen LogP contribution is -2.15. The Kier molecular flexibility index (Phi) is 5.32. The highest BCUT2D eigenvalue weighted by Crippen LogP contribution is 2.22. The first-order valence-electron chi connectivity index (χ1n) is 8.42. The Morgan fingerprint density at radius 1 is 1.04 bits per heavy atom. The van der Waals surface area contributed by atoms with E-state index in [-0.39, 0.29) is 16.5 Å². The Balaban J connectivity index is 1.76. The number of nitrogens with one attached hydrogen (secondary N) is 2. The number of hydrogen-bond donors (Lipinski definition) is 3. The van der Waals surface area contributed by atoms with Crippen LogP contribution in [-0.4, -0.2) is 24.4 Å². The summed E-state index contributed by atoms with van der Waals surface area (Å²) in [4.78, 5) is 16.4. The second-order valence-electron chi connectivity index (χ2n) is 6.28. The Morgan fingerprint density at radius 2 is 1.75 bits per heavy atom. The van der Waals surface area contributed by atoms with Gasteiger partial charge in [-0.2, -0.15) is 0 Å². The molecule has 0 spiro atoms. The van der Waals surface area contributed by atoms with Gasteiger partial charge in [0.05, 0.1) is 4.90 Å². The van der Waals surface area contributed by atoms with Crippen LogP contribution in [0.3, 0.4) is 0 Å². The lowest BCUT2D eigenvalue weighted by Gasteiger charge is -2.12. The maximum absolute atomic E-state index is 12.6. The summed E-state index contributed by atoms with van der Waals surface area (Å²) in [5.74, 6) is -0.570. The molecule has 1 aromatic heterocycles. The number of aromatic hydroxyl groups is 1.